The SMILES string of the molecule is Nc1cc(Br)cc(C(=O)OCCc2ccccc2)c1. The summed E-state index contributed by atoms with van der Waals surface area (Å²) in [5.41, 5.74) is 7.81. The normalized spacial score (nSPS) is 10.2. The van der Waals surface area contributed by atoms with Gasteiger partial charge in [0.05, 0.1) is 12.2 Å². The standard InChI is InChI=1S/C15H14BrNO2/c16-13-8-12(9-14(17)10-13)15(18)19-7-6-11-4-2-1-3-5-11/h1-5,8-10H,6-7,17H2. The molecule has 4 heteroatoms. The van der Waals surface area contributed by atoms with Gasteiger partial charge in [0, 0.05) is 16.6 Å². The van der Waals surface area contributed by atoms with E-state index in [0.29, 0.717) is 24.3 Å². The maximum absolute atomic E-state index is 11.8. The molecule has 0 heterocycles. The largest absolute Gasteiger partial charge is 0.462 e. The van der Waals surface area contributed by atoms with Crippen LogP contribution in [0.15, 0.2) is 53.0 Å². The molecule has 0 aliphatic heterocycles. The van der Waals surface area contributed by atoms with Crippen molar-refractivity contribution in [1.82, 2.24) is 0 Å². The molecule has 0 spiro atoms. The zero-order valence-electron chi connectivity index (χ0n) is 10.3. The summed E-state index contributed by atoms with van der Waals surface area (Å²) >= 11 is 3.30. The lowest BCUT2D eigenvalue weighted by atomic mass is 10.2. The smallest absolute Gasteiger partial charge is 0.338 e. The molecule has 0 atom stereocenters. The first-order valence-electron chi connectivity index (χ1n) is 5.92. The Bertz CT molecular complexity index is 549. The van der Waals surface area contributed by atoms with Crippen molar-refractivity contribution in [1.29, 1.82) is 0 Å². The summed E-state index contributed by atoms with van der Waals surface area (Å²) < 4.78 is 5.99. The van der Waals surface area contributed by atoms with Crippen molar-refractivity contribution in [3.8, 4) is 0 Å². The monoisotopic (exact) mass is 319 g/mol. The van der Waals surface area contributed by atoms with Crippen LogP contribution < -0.4 is 5.73 Å². The van der Waals surface area contributed by atoms with E-state index in [1.54, 1.807) is 18.2 Å². The number of rotatable bonds is 4. The predicted octanol–water partition coefficient (Wildman–Crippen LogP) is 3.43. The molecule has 3 nitrogen and oxygen atoms in total. The molecule has 0 radical (unpaired) electrons. The van der Waals surface area contributed by atoms with E-state index in [1.165, 1.54) is 0 Å². The lowest BCUT2D eigenvalue weighted by Gasteiger charge is -2.06. The summed E-state index contributed by atoms with van der Waals surface area (Å²) in [6, 6.07) is 14.9. The Morgan fingerprint density at radius 3 is 2.58 bits per heavy atom. The van der Waals surface area contributed by atoms with Gasteiger partial charge in [0.1, 0.15) is 0 Å². The van der Waals surface area contributed by atoms with Crippen LogP contribution in [0.25, 0.3) is 0 Å². The number of nitrogens with two attached hydrogens (primary N) is 1. The number of ether oxygens (including phenoxy) is 1. The maximum Gasteiger partial charge on any atom is 0.338 e. The molecular formula is C15H14BrNO2. The molecule has 19 heavy (non-hydrogen) atoms. The highest BCUT2D eigenvalue weighted by Crippen LogP contribution is 2.18. The fraction of sp³-hybridized carbons (Fsp3) is 0.133. The number of hydrogen-bond donors (Lipinski definition) is 1. The van der Waals surface area contributed by atoms with E-state index in [4.69, 9.17) is 10.5 Å². The Morgan fingerprint density at radius 1 is 1.16 bits per heavy atom. The van der Waals surface area contributed by atoms with Crippen LogP contribution in [0, 0.1) is 0 Å². The molecule has 0 unspecified atom stereocenters. The van der Waals surface area contributed by atoms with Crippen LogP contribution in [-0.2, 0) is 11.2 Å². The van der Waals surface area contributed by atoms with Crippen LogP contribution >= 0.6 is 15.9 Å². The third-order valence-electron chi connectivity index (χ3n) is 2.62. The van der Waals surface area contributed by atoms with Gasteiger partial charge in [-0.05, 0) is 23.8 Å². The minimum Gasteiger partial charge on any atom is -0.462 e. The van der Waals surface area contributed by atoms with Crippen LogP contribution in [0.4, 0.5) is 5.69 Å². The van der Waals surface area contributed by atoms with E-state index in [9.17, 15) is 4.79 Å². The highest BCUT2D eigenvalue weighted by molar-refractivity contribution is 9.10. The summed E-state index contributed by atoms with van der Waals surface area (Å²) in [4.78, 5) is 11.8. The Kier molecular flexibility index (Phi) is 4.58. The van der Waals surface area contributed by atoms with E-state index in [2.05, 4.69) is 15.9 Å². The molecule has 0 fully saturated rings. The molecular weight excluding hydrogens is 306 g/mol. The summed E-state index contributed by atoms with van der Waals surface area (Å²) in [5, 5.41) is 0. The van der Waals surface area contributed by atoms with E-state index < -0.39 is 0 Å². The Morgan fingerprint density at radius 2 is 1.89 bits per heavy atom. The molecule has 2 N–H and O–H groups in total. The average molecular weight is 320 g/mol. The quantitative estimate of drug-likeness (QED) is 0.693. The molecule has 0 saturated carbocycles. The van der Waals surface area contributed by atoms with Gasteiger partial charge in [-0.15, -0.1) is 0 Å². The fourth-order valence-corrected chi connectivity index (χ4v) is 2.23. The van der Waals surface area contributed by atoms with Gasteiger partial charge in [-0.2, -0.15) is 0 Å². The zero-order chi connectivity index (χ0) is 13.7. The maximum atomic E-state index is 11.8. The third-order valence-corrected chi connectivity index (χ3v) is 3.08. The molecule has 2 aromatic rings. The number of anilines is 1. The highest BCUT2D eigenvalue weighted by Gasteiger charge is 2.08. The van der Waals surface area contributed by atoms with Gasteiger partial charge in [-0.25, -0.2) is 4.79 Å². The van der Waals surface area contributed by atoms with Crippen molar-refractivity contribution in [3.05, 3.63) is 64.1 Å². The van der Waals surface area contributed by atoms with E-state index in [-0.39, 0.29) is 5.97 Å². The van der Waals surface area contributed by atoms with Crippen molar-refractivity contribution < 1.29 is 9.53 Å². The number of carbonyl (C=O) groups excluding carboxylic acids is 1. The molecule has 0 aromatic heterocycles. The van der Waals surface area contributed by atoms with Gasteiger partial charge in [0.2, 0.25) is 0 Å². The summed E-state index contributed by atoms with van der Waals surface area (Å²) in [5.74, 6) is -0.357. The van der Waals surface area contributed by atoms with Crippen LogP contribution in [-0.4, -0.2) is 12.6 Å². The third kappa shape index (κ3) is 4.10. The van der Waals surface area contributed by atoms with Crippen molar-refractivity contribution in [2.24, 2.45) is 0 Å². The first-order chi connectivity index (χ1) is 9.15. The summed E-state index contributed by atoms with van der Waals surface area (Å²) in [7, 11) is 0. The Balaban J connectivity index is 1.91. The lowest BCUT2D eigenvalue weighted by molar-refractivity contribution is 0.0509. The Labute approximate surface area is 120 Å². The summed E-state index contributed by atoms with van der Waals surface area (Å²) in [6.45, 7) is 0.356. The number of esters is 1. The van der Waals surface area contributed by atoms with Gasteiger partial charge in [-0.3, -0.25) is 0 Å². The number of carbonyl (C=O) groups is 1. The van der Waals surface area contributed by atoms with E-state index in [0.717, 1.165) is 10.0 Å². The molecule has 2 rings (SSSR count). The van der Waals surface area contributed by atoms with Crippen LogP contribution in [0.3, 0.4) is 0 Å². The average Bonchev–Trinajstić information content (AvgIpc) is 2.38. The molecule has 0 amide bonds. The van der Waals surface area contributed by atoms with Gasteiger partial charge >= 0.3 is 5.97 Å². The highest BCUT2D eigenvalue weighted by atomic mass is 79.9. The van der Waals surface area contributed by atoms with Crippen LogP contribution in [0.2, 0.25) is 0 Å². The number of nitrogen functional groups attached to an aromatic ring is 1. The molecule has 2 aromatic carbocycles. The van der Waals surface area contributed by atoms with Crippen molar-refractivity contribution >= 4 is 27.6 Å². The first kappa shape index (κ1) is 13.6. The molecule has 0 aliphatic carbocycles. The summed E-state index contributed by atoms with van der Waals surface area (Å²) in [6.07, 6.45) is 0.704. The number of halogens is 1. The van der Waals surface area contributed by atoms with Crippen molar-refractivity contribution in [2.45, 2.75) is 6.42 Å². The lowest BCUT2D eigenvalue weighted by Crippen LogP contribution is -2.08. The molecule has 0 saturated heterocycles. The fourth-order valence-electron chi connectivity index (χ4n) is 1.72. The van der Waals surface area contributed by atoms with Crippen LogP contribution in [0.1, 0.15) is 15.9 Å². The second-order valence-electron chi connectivity index (χ2n) is 4.14. The van der Waals surface area contributed by atoms with Crippen molar-refractivity contribution in [3.63, 3.8) is 0 Å². The minimum absolute atomic E-state index is 0.356. The number of hydrogen-bond acceptors (Lipinski definition) is 3. The second kappa shape index (κ2) is 6.38. The van der Waals surface area contributed by atoms with E-state index >= 15 is 0 Å². The topological polar surface area (TPSA) is 52.3 Å². The zero-order valence-corrected chi connectivity index (χ0v) is 11.9. The van der Waals surface area contributed by atoms with Crippen LogP contribution in [0.5, 0.6) is 0 Å². The number of benzene rings is 2. The molecule has 0 bridgehead atoms. The van der Waals surface area contributed by atoms with Gasteiger partial charge < -0.3 is 10.5 Å². The first-order valence-corrected chi connectivity index (χ1v) is 6.71. The van der Waals surface area contributed by atoms with Gasteiger partial charge in [-0.1, -0.05) is 46.3 Å². The molecule has 98 valence electrons. The Hall–Kier alpha value is -1.81. The van der Waals surface area contributed by atoms with Gasteiger partial charge in [0.25, 0.3) is 0 Å². The van der Waals surface area contributed by atoms with E-state index in [1.807, 2.05) is 30.3 Å². The van der Waals surface area contributed by atoms with Crippen molar-refractivity contribution in [2.75, 3.05) is 12.3 Å². The predicted molar refractivity (Wildman–Crippen MR) is 79.0 cm³/mol. The minimum atomic E-state index is -0.357. The molecule has 0 aliphatic rings. The second-order valence-corrected chi connectivity index (χ2v) is 5.06. The van der Waals surface area contributed by atoms with Gasteiger partial charge in [0.15, 0.2) is 0 Å².